The van der Waals surface area contributed by atoms with E-state index in [0.717, 1.165) is 12.8 Å². The molecule has 1 aromatic rings. The number of amides is 1. The van der Waals surface area contributed by atoms with E-state index in [4.69, 9.17) is 10.00 Å². The minimum absolute atomic E-state index is 0.0234. The second-order valence-corrected chi connectivity index (χ2v) is 4.99. The molecule has 0 aliphatic carbocycles. The van der Waals surface area contributed by atoms with Crippen molar-refractivity contribution in [1.82, 2.24) is 10.6 Å². The quantitative estimate of drug-likeness (QED) is 0.618. The molecule has 1 unspecified atom stereocenters. The maximum atomic E-state index is 13.4. The SMILES string of the molecule is N#C/C(=C/NCc1ccccc1F)C(=O)NCC1CCCO1. The molecule has 0 bridgehead atoms. The Kier molecular flexibility index (Phi) is 5.92. The smallest absolute Gasteiger partial charge is 0.263 e. The Balaban J connectivity index is 1.83. The van der Waals surface area contributed by atoms with Crippen LogP contribution in [0.3, 0.4) is 0 Å². The maximum Gasteiger partial charge on any atom is 0.263 e. The Hall–Kier alpha value is -2.39. The normalized spacial score (nSPS) is 17.8. The van der Waals surface area contributed by atoms with Gasteiger partial charge < -0.3 is 15.4 Å². The molecule has 2 N–H and O–H groups in total. The summed E-state index contributed by atoms with van der Waals surface area (Å²) in [5.41, 5.74) is 0.421. The average Bonchev–Trinajstić information content (AvgIpc) is 3.04. The molecule has 0 aromatic heterocycles. The first kappa shape index (κ1) is 16.0. The van der Waals surface area contributed by atoms with Crippen LogP contribution in [-0.2, 0) is 16.1 Å². The van der Waals surface area contributed by atoms with Gasteiger partial charge in [0.15, 0.2) is 0 Å². The van der Waals surface area contributed by atoms with Gasteiger partial charge in [0, 0.05) is 31.5 Å². The number of ether oxygens (including phenoxy) is 1. The van der Waals surface area contributed by atoms with Gasteiger partial charge in [-0.15, -0.1) is 0 Å². The van der Waals surface area contributed by atoms with E-state index in [-0.39, 0.29) is 24.0 Å². The first-order chi connectivity index (χ1) is 10.7. The minimum Gasteiger partial charge on any atom is -0.385 e. The lowest BCUT2D eigenvalue weighted by Crippen LogP contribution is -2.33. The minimum atomic E-state index is -0.459. The molecule has 0 spiro atoms. The van der Waals surface area contributed by atoms with Crippen LogP contribution in [0.1, 0.15) is 18.4 Å². The highest BCUT2D eigenvalue weighted by atomic mass is 19.1. The Morgan fingerprint density at radius 2 is 2.32 bits per heavy atom. The lowest BCUT2D eigenvalue weighted by atomic mass is 10.2. The lowest BCUT2D eigenvalue weighted by molar-refractivity contribution is -0.117. The van der Waals surface area contributed by atoms with E-state index >= 15 is 0 Å². The molecule has 1 heterocycles. The summed E-state index contributed by atoms with van der Waals surface area (Å²) in [5, 5.41) is 14.5. The molecule has 1 saturated heterocycles. The van der Waals surface area contributed by atoms with Gasteiger partial charge in [-0.25, -0.2) is 4.39 Å². The number of hydrogen-bond acceptors (Lipinski definition) is 4. The van der Waals surface area contributed by atoms with Crippen LogP contribution in [0.25, 0.3) is 0 Å². The van der Waals surface area contributed by atoms with Gasteiger partial charge in [0.2, 0.25) is 0 Å². The van der Waals surface area contributed by atoms with E-state index in [2.05, 4.69) is 10.6 Å². The van der Waals surface area contributed by atoms with E-state index in [1.54, 1.807) is 18.2 Å². The summed E-state index contributed by atoms with van der Waals surface area (Å²) in [6.45, 7) is 1.31. The highest BCUT2D eigenvalue weighted by Crippen LogP contribution is 2.10. The Morgan fingerprint density at radius 3 is 3.00 bits per heavy atom. The van der Waals surface area contributed by atoms with Gasteiger partial charge >= 0.3 is 0 Å². The van der Waals surface area contributed by atoms with Crippen molar-refractivity contribution in [2.45, 2.75) is 25.5 Å². The predicted molar refractivity (Wildman–Crippen MR) is 78.9 cm³/mol. The van der Waals surface area contributed by atoms with E-state index in [1.807, 2.05) is 6.07 Å². The van der Waals surface area contributed by atoms with Crippen LogP contribution in [0, 0.1) is 17.1 Å². The molecule has 116 valence electrons. The summed E-state index contributed by atoms with van der Waals surface area (Å²) in [6, 6.07) is 8.16. The summed E-state index contributed by atoms with van der Waals surface area (Å²) in [7, 11) is 0. The zero-order valence-electron chi connectivity index (χ0n) is 12.1. The number of carbonyl (C=O) groups excluding carboxylic acids is 1. The highest BCUT2D eigenvalue weighted by Gasteiger charge is 2.17. The molecule has 2 rings (SSSR count). The van der Waals surface area contributed by atoms with Crippen molar-refractivity contribution >= 4 is 5.91 Å². The number of benzene rings is 1. The number of nitrogens with one attached hydrogen (secondary N) is 2. The summed E-state index contributed by atoms with van der Waals surface area (Å²) in [4.78, 5) is 11.9. The van der Waals surface area contributed by atoms with Crippen molar-refractivity contribution in [2.24, 2.45) is 0 Å². The first-order valence-electron chi connectivity index (χ1n) is 7.17. The van der Waals surface area contributed by atoms with Crippen LogP contribution in [0.15, 0.2) is 36.0 Å². The zero-order valence-corrected chi connectivity index (χ0v) is 12.1. The van der Waals surface area contributed by atoms with Crippen LogP contribution < -0.4 is 10.6 Å². The molecule has 1 aromatic carbocycles. The van der Waals surface area contributed by atoms with Crippen LogP contribution in [0.2, 0.25) is 0 Å². The van der Waals surface area contributed by atoms with Gasteiger partial charge in [0.25, 0.3) is 5.91 Å². The zero-order chi connectivity index (χ0) is 15.8. The van der Waals surface area contributed by atoms with Crippen LogP contribution in [-0.4, -0.2) is 25.2 Å². The number of hydrogen-bond donors (Lipinski definition) is 2. The van der Waals surface area contributed by atoms with Crippen molar-refractivity contribution in [3.63, 3.8) is 0 Å². The lowest BCUT2D eigenvalue weighted by Gasteiger charge is -2.10. The van der Waals surface area contributed by atoms with Crippen molar-refractivity contribution in [3.05, 3.63) is 47.4 Å². The molecule has 0 radical (unpaired) electrons. The predicted octanol–water partition coefficient (Wildman–Crippen LogP) is 1.62. The number of rotatable bonds is 6. The van der Waals surface area contributed by atoms with E-state index in [1.165, 1.54) is 12.3 Å². The standard InChI is InChI=1S/C16H18FN3O2/c17-15-6-2-1-4-12(15)9-19-10-13(8-18)16(21)20-11-14-5-3-7-22-14/h1-2,4,6,10,14,19H,3,5,7,9,11H2,(H,20,21)/b13-10-. The first-order valence-corrected chi connectivity index (χ1v) is 7.17. The highest BCUT2D eigenvalue weighted by molar-refractivity contribution is 5.97. The summed E-state index contributed by atoms with van der Waals surface area (Å²) < 4.78 is 18.8. The van der Waals surface area contributed by atoms with Gasteiger partial charge in [-0.3, -0.25) is 4.79 Å². The molecule has 1 aliphatic heterocycles. The number of carbonyl (C=O) groups is 1. The van der Waals surface area contributed by atoms with Crippen molar-refractivity contribution in [1.29, 1.82) is 5.26 Å². The van der Waals surface area contributed by atoms with Gasteiger partial charge in [-0.2, -0.15) is 5.26 Å². The Bertz CT molecular complexity index is 589. The molecule has 1 aliphatic rings. The maximum absolute atomic E-state index is 13.4. The van der Waals surface area contributed by atoms with E-state index in [0.29, 0.717) is 18.7 Å². The molecule has 0 saturated carbocycles. The molecule has 6 heteroatoms. The van der Waals surface area contributed by atoms with Gasteiger partial charge in [0.1, 0.15) is 17.5 Å². The Labute approximate surface area is 128 Å². The molecule has 1 atom stereocenters. The molecule has 22 heavy (non-hydrogen) atoms. The molecule has 1 fully saturated rings. The summed E-state index contributed by atoms with van der Waals surface area (Å²) >= 11 is 0. The molecular formula is C16H18FN3O2. The third-order valence-electron chi connectivity index (χ3n) is 3.38. The fourth-order valence-electron chi connectivity index (χ4n) is 2.16. The second kappa shape index (κ2) is 8.15. The molecule has 5 nitrogen and oxygen atoms in total. The second-order valence-electron chi connectivity index (χ2n) is 4.99. The average molecular weight is 303 g/mol. The van der Waals surface area contributed by atoms with Crippen molar-refractivity contribution in [3.8, 4) is 6.07 Å². The van der Waals surface area contributed by atoms with Crippen LogP contribution >= 0.6 is 0 Å². The molecular weight excluding hydrogens is 285 g/mol. The van der Waals surface area contributed by atoms with E-state index in [9.17, 15) is 9.18 Å². The third kappa shape index (κ3) is 4.57. The van der Waals surface area contributed by atoms with Gasteiger partial charge in [0.05, 0.1) is 6.10 Å². The van der Waals surface area contributed by atoms with Gasteiger partial charge in [-0.1, -0.05) is 18.2 Å². The van der Waals surface area contributed by atoms with Crippen LogP contribution in [0.4, 0.5) is 4.39 Å². The monoisotopic (exact) mass is 303 g/mol. The largest absolute Gasteiger partial charge is 0.385 e. The Morgan fingerprint density at radius 1 is 1.50 bits per heavy atom. The van der Waals surface area contributed by atoms with Gasteiger partial charge in [-0.05, 0) is 18.9 Å². The molecule has 1 amide bonds. The fraction of sp³-hybridized carbons (Fsp3) is 0.375. The van der Waals surface area contributed by atoms with Crippen LogP contribution in [0.5, 0.6) is 0 Å². The van der Waals surface area contributed by atoms with E-state index < -0.39 is 5.91 Å². The topological polar surface area (TPSA) is 74.2 Å². The number of halogens is 1. The third-order valence-corrected chi connectivity index (χ3v) is 3.38. The number of nitriles is 1. The summed E-state index contributed by atoms with van der Waals surface area (Å²) in [5.74, 6) is -0.788. The number of nitrogens with zero attached hydrogens (tertiary/aromatic N) is 1. The van der Waals surface area contributed by atoms with Crippen molar-refractivity contribution in [2.75, 3.05) is 13.2 Å². The fourth-order valence-corrected chi connectivity index (χ4v) is 2.16. The summed E-state index contributed by atoms with van der Waals surface area (Å²) in [6.07, 6.45) is 3.23. The van der Waals surface area contributed by atoms with Crippen molar-refractivity contribution < 1.29 is 13.9 Å².